The van der Waals surface area contributed by atoms with Crippen molar-refractivity contribution in [2.24, 2.45) is 7.05 Å². The molecular weight excluding hydrogens is 393 g/mol. The monoisotopic (exact) mass is 421 g/mol. The average Bonchev–Trinajstić information content (AvgIpc) is 3.22. The van der Waals surface area contributed by atoms with Crippen molar-refractivity contribution in [3.05, 3.63) is 64.9 Å². The normalized spacial score (nSPS) is 11.6. The molecule has 0 radical (unpaired) electrons. The number of nitrogens with one attached hydrogen (secondary N) is 1. The molecule has 0 aliphatic heterocycles. The second kappa shape index (κ2) is 8.51. The first-order valence-electron chi connectivity index (χ1n) is 10.4. The molecule has 0 fully saturated rings. The first-order valence-corrected chi connectivity index (χ1v) is 10.4. The van der Waals surface area contributed by atoms with E-state index in [9.17, 15) is 4.39 Å². The first-order chi connectivity index (χ1) is 14.8. The molecule has 6 nitrogen and oxygen atoms in total. The summed E-state index contributed by atoms with van der Waals surface area (Å²) in [6.45, 7) is 5.24. The number of fused-ring (bicyclic) bond motifs is 1. The zero-order valence-corrected chi connectivity index (χ0v) is 18.7. The molecule has 2 heterocycles. The molecule has 1 N–H and O–H groups in total. The van der Waals surface area contributed by atoms with Gasteiger partial charge in [0.25, 0.3) is 0 Å². The highest BCUT2D eigenvalue weighted by atomic mass is 19.1. The topological polar surface area (TPSA) is 59.0 Å². The molecular formula is C24H28FN5O. The molecule has 31 heavy (non-hydrogen) atoms. The summed E-state index contributed by atoms with van der Waals surface area (Å²) in [6.07, 6.45) is 0.717. The average molecular weight is 422 g/mol. The Hall–Kier alpha value is -3.19. The summed E-state index contributed by atoms with van der Waals surface area (Å²) < 4.78 is 22.0. The van der Waals surface area contributed by atoms with E-state index in [1.807, 2.05) is 51.8 Å². The molecule has 0 atom stereocenters. The van der Waals surface area contributed by atoms with Gasteiger partial charge in [-0.15, -0.1) is 0 Å². The summed E-state index contributed by atoms with van der Waals surface area (Å²) in [7, 11) is 5.97. The Labute approximate surface area is 181 Å². The molecule has 2 aromatic heterocycles. The van der Waals surface area contributed by atoms with Crippen LogP contribution in [0.25, 0.3) is 22.0 Å². The maximum absolute atomic E-state index is 14.0. The van der Waals surface area contributed by atoms with E-state index in [0.717, 1.165) is 52.1 Å². The number of H-pyrrole nitrogens is 1. The number of halogens is 1. The van der Waals surface area contributed by atoms with Gasteiger partial charge in [-0.2, -0.15) is 10.2 Å². The number of hydrogen-bond acceptors (Lipinski definition) is 4. The van der Waals surface area contributed by atoms with Gasteiger partial charge in [-0.05, 0) is 63.3 Å². The summed E-state index contributed by atoms with van der Waals surface area (Å²) in [5.41, 5.74) is 7.09. The molecule has 0 aliphatic carbocycles. The van der Waals surface area contributed by atoms with Gasteiger partial charge in [0.2, 0.25) is 0 Å². The van der Waals surface area contributed by atoms with Crippen LogP contribution in [-0.4, -0.2) is 45.6 Å². The molecule has 162 valence electrons. The highest BCUT2D eigenvalue weighted by Gasteiger charge is 2.14. The molecule has 2 aromatic carbocycles. The lowest BCUT2D eigenvalue weighted by Crippen LogP contribution is -2.11. The second-order valence-electron chi connectivity index (χ2n) is 8.18. The van der Waals surface area contributed by atoms with Crippen LogP contribution >= 0.6 is 0 Å². The predicted molar refractivity (Wildman–Crippen MR) is 121 cm³/mol. The van der Waals surface area contributed by atoms with E-state index in [-0.39, 0.29) is 5.82 Å². The Bertz CT molecular complexity index is 1220. The largest absolute Gasteiger partial charge is 0.492 e. The number of hydrogen-bond donors (Lipinski definition) is 1. The zero-order valence-electron chi connectivity index (χ0n) is 18.7. The molecule has 0 amide bonds. The number of aromatic nitrogens is 4. The minimum Gasteiger partial charge on any atom is -0.492 e. The van der Waals surface area contributed by atoms with Crippen LogP contribution < -0.4 is 4.74 Å². The first kappa shape index (κ1) is 21.1. The van der Waals surface area contributed by atoms with E-state index in [1.165, 1.54) is 17.7 Å². The smallest absolute Gasteiger partial charge is 0.130 e. The van der Waals surface area contributed by atoms with Crippen LogP contribution in [0, 0.1) is 19.7 Å². The third kappa shape index (κ3) is 4.32. The second-order valence-corrected chi connectivity index (χ2v) is 8.18. The van der Waals surface area contributed by atoms with Gasteiger partial charge in [-0.3, -0.25) is 9.78 Å². The van der Waals surface area contributed by atoms with Crippen molar-refractivity contribution >= 4 is 10.9 Å². The lowest BCUT2D eigenvalue weighted by molar-refractivity contribution is 0.321. The van der Waals surface area contributed by atoms with Crippen molar-refractivity contribution in [2.75, 3.05) is 20.7 Å². The van der Waals surface area contributed by atoms with Crippen LogP contribution in [0.3, 0.4) is 0 Å². The van der Waals surface area contributed by atoms with Gasteiger partial charge in [-0.25, -0.2) is 4.39 Å². The van der Waals surface area contributed by atoms with E-state index in [2.05, 4.69) is 26.3 Å². The van der Waals surface area contributed by atoms with Gasteiger partial charge in [-0.1, -0.05) is 6.07 Å². The van der Waals surface area contributed by atoms with Gasteiger partial charge in [0, 0.05) is 42.7 Å². The van der Waals surface area contributed by atoms with Crippen LogP contribution in [0.2, 0.25) is 0 Å². The van der Waals surface area contributed by atoms with Gasteiger partial charge < -0.3 is 9.64 Å². The highest BCUT2D eigenvalue weighted by Crippen LogP contribution is 2.33. The Morgan fingerprint density at radius 2 is 1.94 bits per heavy atom. The number of nitrogens with zero attached hydrogens (tertiary/aromatic N) is 4. The lowest BCUT2D eigenvalue weighted by atomic mass is 10.0. The fourth-order valence-corrected chi connectivity index (χ4v) is 3.95. The molecule has 7 heteroatoms. The Morgan fingerprint density at radius 1 is 1.13 bits per heavy atom. The zero-order chi connectivity index (χ0) is 22.1. The van der Waals surface area contributed by atoms with E-state index >= 15 is 0 Å². The highest BCUT2D eigenvalue weighted by molar-refractivity contribution is 5.87. The molecule has 0 aliphatic rings. The Balaban J connectivity index is 1.62. The molecule has 0 saturated carbocycles. The summed E-state index contributed by atoms with van der Waals surface area (Å²) in [5, 5.41) is 13.0. The molecule has 0 saturated heterocycles. The van der Waals surface area contributed by atoms with Crippen LogP contribution in [0.1, 0.15) is 22.6 Å². The molecule has 4 aromatic rings. The van der Waals surface area contributed by atoms with Crippen molar-refractivity contribution < 1.29 is 9.13 Å². The number of rotatable bonds is 7. The van der Waals surface area contributed by atoms with Crippen molar-refractivity contribution in [2.45, 2.75) is 26.8 Å². The van der Waals surface area contributed by atoms with Crippen molar-refractivity contribution in [1.82, 2.24) is 24.9 Å². The van der Waals surface area contributed by atoms with Crippen LogP contribution in [0.4, 0.5) is 4.39 Å². The summed E-state index contributed by atoms with van der Waals surface area (Å²) >= 11 is 0. The third-order valence-electron chi connectivity index (χ3n) is 5.63. The summed E-state index contributed by atoms with van der Waals surface area (Å²) in [4.78, 5) is 2.08. The maximum Gasteiger partial charge on any atom is 0.130 e. The number of benzene rings is 2. The van der Waals surface area contributed by atoms with Gasteiger partial charge in [0.15, 0.2) is 0 Å². The van der Waals surface area contributed by atoms with E-state index in [0.29, 0.717) is 12.4 Å². The Morgan fingerprint density at radius 3 is 2.65 bits per heavy atom. The fraction of sp³-hybridized carbons (Fsp3) is 0.333. The number of ether oxygens (including phenoxy) is 1. The van der Waals surface area contributed by atoms with Gasteiger partial charge in [0.1, 0.15) is 11.6 Å². The third-order valence-corrected chi connectivity index (χ3v) is 5.63. The van der Waals surface area contributed by atoms with E-state index in [1.54, 1.807) is 6.07 Å². The molecule has 0 unspecified atom stereocenters. The maximum atomic E-state index is 14.0. The minimum atomic E-state index is -0.315. The van der Waals surface area contributed by atoms with Crippen molar-refractivity contribution in [3.63, 3.8) is 0 Å². The van der Waals surface area contributed by atoms with Crippen molar-refractivity contribution in [1.29, 1.82) is 0 Å². The van der Waals surface area contributed by atoms with Crippen LogP contribution in [0.15, 0.2) is 36.4 Å². The molecule has 4 rings (SSSR count). The minimum absolute atomic E-state index is 0.315. The summed E-state index contributed by atoms with van der Waals surface area (Å²) in [6, 6.07) is 10.8. The fourth-order valence-electron chi connectivity index (χ4n) is 3.95. The molecule has 0 spiro atoms. The van der Waals surface area contributed by atoms with Crippen LogP contribution in [0.5, 0.6) is 5.75 Å². The predicted octanol–water partition coefficient (Wildman–Crippen LogP) is 4.40. The molecule has 0 bridgehead atoms. The quantitative estimate of drug-likeness (QED) is 0.480. The van der Waals surface area contributed by atoms with Gasteiger partial charge >= 0.3 is 0 Å². The van der Waals surface area contributed by atoms with Gasteiger partial charge in [0.05, 0.1) is 23.5 Å². The lowest BCUT2D eigenvalue weighted by Gasteiger charge is -2.13. The summed E-state index contributed by atoms with van der Waals surface area (Å²) in [5.74, 6) is 0.223. The van der Waals surface area contributed by atoms with E-state index < -0.39 is 0 Å². The standard InChI is InChI=1S/C24H28FN5O/c1-15-19(16(2)30(5)28-15)10-11-31-24-13-18(25)7-8-20(24)17-6-9-22-21(12-17)23(27-26-22)14-29(3)4/h6-9,12-13H,10-11,14H2,1-5H3,(H,26,27). The SMILES string of the molecule is Cc1nn(C)c(C)c1CCOc1cc(F)ccc1-c1ccc2[nH]nc(CN(C)C)c2c1. The number of aryl methyl sites for hydroxylation is 2. The van der Waals surface area contributed by atoms with Crippen molar-refractivity contribution in [3.8, 4) is 16.9 Å². The van der Waals surface area contributed by atoms with E-state index in [4.69, 9.17) is 4.74 Å². The number of aromatic amines is 1. The Kier molecular flexibility index (Phi) is 5.78. The van der Waals surface area contributed by atoms with Crippen LogP contribution in [-0.2, 0) is 20.0 Å².